The molecule has 0 aromatic heterocycles. The Hall–Kier alpha value is -1.35. The van der Waals surface area contributed by atoms with E-state index < -0.39 is 0 Å². The van der Waals surface area contributed by atoms with Crippen molar-refractivity contribution < 1.29 is 9.90 Å². The largest absolute Gasteiger partial charge is 0.394 e. The smallest absolute Gasteiger partial charge is 0.223 e. The lowest BCUT2D eigenvalue weighted by molar-refractivity contribution is -0.130. The second-order valence-corrected chi connectivity index (χ2v) is 3.88. The second-order valence-electron chi connectivity index (χ2n) is 3.88. The minimum Gasteiger partial charge on any atom is -0.394 e. The van der Waals surface area contributed by atoms with Gasteiger partial charge in [-0.15, -0.1) is 0 Å². The van der Waals surface area contributed by atoms with Crippen LogP contribution >= 0.6 is 0 Å². The van der Waals surface area contributed by atoms with Crippen LogP contribution in [0.15, 0.2) is 30.3 Å². The number of rotatable bonds is 3. The zero-order valence-corrected chi connectivity index (χ0v) is 8.60. The minimum atomic E-state index is 0.0118. The van der Waals surface area contributed by atoms with Crippen LogP contribution in [0, 0.1) is 0 Å². The molecule has 15 heavy (non-hydrogen) atoms. The van der Waals surface area contributed by atoms with E-state index in [1.165, 1.54) is 0 Å². The van der Waals surface area contributed by atoms with Crippen molar-refractivity contribution in [2.75, 3.05) is 6.61 Å². The van der Waals surface area contributed by atoms with Crippen LogP contribution in [0.1, 0.15) is 18.4 Å². The summed E-state index contributed by atoms with van der Waals surface area (Å²) in [6.45, 7) is 0.684. The first kappa shape index (κ1) is 10.2. The Labute approximate surface area is 89.3 Å². The maximum Gasteiger partial charge on any atom is 0.223 e. The Kier molecular flexibility index (Phi) is 3.02. The summed E-state index contributed by atoms with van der Waals surface area (Å²) in [5, 5.41) is 9.14. The fraction of sp³-hybridized carbons (Fsp3) is 0.417. The van der Waals surface area contributed by atoms with Gasteiger partial charge in [-0.1, -0.05) is 30.3 Å². The molecule has 1 atom stereocenters. The van der Waals surface area contributed by atoms with E-state index in [0.29, 0.717) is 13.0 Å². The van der Waals surface area contributed by atoms with Gasteiger partial charge in [0, 0.05) is 13.0 Å². The van der Waals surface area contributed by atoms with Crippen molar-refractivity contribution in [3.05, 3.63) is 35.9 Å². The zero-order chi connectivity index (χ0) is 10.7. The molecule has 1 aliphatic heterocycles. The Morgan fingerprint density at radius 3 is 2.73 bits per heavy atom. The molecule has 1 amide bonds. The van der Waals surface area contributed by atoms with Crippen LogP contribution in [0.25, 0.3) is 0 Å². The molecule has 3 nitrogen and oxygen atoms in total. The van der Waals surface area contributed by atoms with Crippen LogP contribution in [0.3, 0.4) is 0 Å². The molecule has 0 bridgehead atoms. The van der Waals surface area contributed by atoms with Gasteiger partial charge in [-0.25, -0.2) is 0 Å². The SMILES string of the molecule is O=C1CCC(CO)N1Cc1ccccc1. The molecule has 1 aliphatic rings. The lowest BCUT2D eigenvalue weighted by atomic mass is 10.2. The van der Waals surface area contributed by atoms with Gasteiger partial charge in [-0.2, -0.15) is 0 Å². The van der Waals surface area contributed by atoms with Crippen molar-refractivity contribution >= 4 is 5.91 Å². The van der Waals surface area contributed by atoms with Crippen molar-refractivity contribution in [3.8, 4) is 0 Å². The molecule has 1 fully saturated rings. The molecule has 1 N–H and O–H groups in total. The van der Waals surface area contributed by atoms with Gasteiger partial charge in [-0.3, -0.25) is 4.79 Å². The summed E-state index contributed by atoms with van der Waals surface area (Å²) in [4.78, 5) is 13.3. The highest BCUT2D eigenvalue weighted by molar-refractivity contribution is 5.78. The van der Waals surface area contributed by atoms with E-state index in [1.807, 2.05) is 30.3 Å². The second kappa shape index (κ2) is 4.45. The number of carbonyl (C=O) groups is 1. The van der Waals surface area contributed by atoms with Gasteiger partial charge in [0.1, 0.15) is 0 Å². The summed E-state index contributed by atoms with van der Waals surface area (Å²) in [7, 11) is 0. The van der Waals surface area contributed by atoms with E-state index >= 15 is 0 Å². The lowest BCUT2D eigenvalue weighted by Gasteiger charge is -2.23. The van der Waals surface area contributed by atoms with Gasteiger partial charge < -0.3 is 10.0 Å². The predicted octanol–water partition coefficient (Wildman–Crippen LogP) is 1.17. The number of aliphatic hydroxyl groups is 1. The molecule has 0 aliphatic carbocycles. The van der Waals surface area contributed by atoms with Crippen molar-refractivity contribution in [1.82, 2.24) is 4.90 Å². The van der Waals surface area contributed by atoms with E-state index in [4.69, 9.17) is 5.11 Å². The maximum atomic E-state index is 11.6. The van der Waals surface area contributed by atoms with Crippen LogP contribution < -0.4 is 0 Å². The molecule has 0 radical (unpaired) electrons. The lowest BCUT2D eigenvalue weighted by Crippen LogP contribution is -2.34. The number of nitrogens with zero attached hydrogens (tertiary/aromatic N) is 1. The number of benzene rings is 1. The fourth-order valence-electron chi connectivity index (χ4n) is 1.98. The van der Waals surface area contributed by atoms with Crippen LogP contribution in [0.2, 0.25) is 0 Å². The van der Waals surface area contributed by atoms with Gasteiger partial charge in [0.05, 0.1) is 12.6 Å². The van der Waals surface area contributed by atoms with Gasteiger partial charge in [0.15, 0.2) is 0 Å². The normalized spacial score (nSPS) is 21.0. The van der Waals surface area contributed by atoms with Gasteiger partial charge in [0.25, 0.3) is 0 Å². The number of aliphatic hydroxyl groups excluding tert-OH is 1. The summed E-state index contributed by atoms with van der Waals surface area (Å²) in [5.41, 5.74) is 1.12. The summed E-state index contributed by atoms with van der Waals surface area (Å²) in [5.74, 6) is 0.151. The average Bonchev–Trinajstić information content (AvgIpc) is 2.62. The molecule has 1 heterocycles. The topological polar surface area (TPSA) is 40.5 Å². The molecule has 1 aromatic rings. The highest BCUT2D eigenvalue weighted by atomic mass is 16.3. The third kappa shape index (κ3) is 2.18. The van der Waals surface area contributed by atoms with Crippen molar-refractivity contribution in [2.45, 2.75) is 25.4 Å². The predicted molar refractivity (Wildman–Crippen MR) is 57.1 cm³/mol. The minimum absolute atomic E-state index is 0.0118. The summed E-state index contributed by atoms with van der Waals surface area (Å²) in [6, 6.07) is 9.89. The van der Waals surface area contributed by atoms with E-state index in [2.05, 4.69) is 0 Å². The quantitative estimate of drug-likeness (QED) is 0.804. The Morgan fingerprint density at radius 1 is 1.33 bits per heavy atom. The molecular formula is C12H15NO2. The molecule has 2 rings (SSSR count). The van der Waals surface area contributed by atoms with Crippen molar-refractivity contribution in [3.63, 3.8) is 0 Å². The molecule has 80 valence electrons. The van der Waals surface area contributed by atoms with Crippen LogP contribution in [-0.2, 0) is 11.3 Å². The van der Waals surface area contributed by atoms with Crippen molar-refractivity contribution in [2.24, 2.45) is 0 Å². The molecule has 3 heteroatoms. The molecule has 0 spiro atoms. The Balaban J connectivity index is 2.07. The average molecular weight is 205 g/mol. The Bertz CT molecular complexity index is 337. The molecule has 0 saturated carbocycles. The molecule has 1 saturated heterocycles. The Morgan fingerprint density at radius 2 is 2.07 bits per heavy atom. The zero-order valence-electron chi connectivity index (χ0n) is 8.60. The third-order valence-electron chi connectivity index (χ3n) is 2.86. The number of hydrogen-bond acceptors (Lipinski definition) is 2. The first-order chi connectivity index (χ1) is 7.31. The number of hydrogen-bond donors (Lipinski definition) is 1. The maximum absolute atomic E-state index is 11.6. The van der Waals surface area contributed by atoms with Gasteiger partial charge >= 0.3 is 0 Å². The van der Waals surface area contributed by atoms with E-state index in [1.54, 1.807) is 4.90 Å². The summed E-state index contributed by atoms with van der Waals surface area (Å²) in [6.07, 6.45) is 1.35. The molecule has 1 aromatic carbocycles. The highest BCUT2D eigenvalue weighted by Gasteiger charge is 2.29. The van der Waals surface area contributed by atoms with Gasteiger partial charge in [0.2, 0.25) is 5.91 Å². The van der Waals surface area contributed by atoms with Gasteiger partial charge in [-0.05, 0) is 12.0 Å². The summed E-state index contributed by atoms with van der Waals surface area (Å²) >= 11 is 0. The number of likely N-dealkylation sites (tertiary alicyclic amines) is 1. The summed E-state index contributed by atoms with van der Waals surface area (Å²) < 4.78 is 0. The monoisotopic (exact) mass is 205 g/mol. The van der Waals surface area contributed by atoms with Crippen molar-refractivity contribution in [1.29, 1.82) is 0 Å². The highest BCUT2D eigenvalue weighted by Crippen LogP contribution is 2.20. The third-order valence-corrected chi connectivity index (χ3v) is 2.86. The van der Waals surface area contributed by atoms with E-state index in [9.17, 15) is 4.79 Å². The standard InChI is InChI=1S/C12H15NO2/c14-9-11-6-7-12(15)13(11)8-10-4-2-1-3-5-10/h1-5,11,14H,6-9H2. The first-order valence-corrected chi connectivity index (χ1v) is 5.25. The van der Waals surface area contributed by atoms with Crippen LogP contribution in [0.5, 0.6) is 0 Å². The number of amides is 1. The fourth-order valence-corrected chi connectivity index (χ4v) is 1.98. The van der Waals surface area contributed by atoms with E-state index in [0.717, 1.165) is 12.0 Å². The first-order valence-electron chi connectivity index (χ1n) is 5.25. The van der Waals surface area contributed by atoms with E-state index in [-0.39, 0.29) is 18.6 Å². The molecular weight excluding hydrogens is 190 g/mol. The molecule has 1 unspecified atom stereocenters. The van der Waals surface area contributed by atoms with Crippen LogP contribution in [-0.4, -0.2) is 28.6 Å². The number of carbonyl (C=O) groups excluding carboxylic acids is 1. The van der Waals surface area contributed by atoms with Crippen LogP contribution in [0.4, 0.5) is 0 Å².